The zero-order chi connectivity index (χ0) is 19.9. The summed E-state index contributed by atoms with van der Waals surface area (Å²) in [7, 11) is -1.00. The molecule has 1 amide bonds. The van der Waals surface area contributed by atoms with Crippen LogP contribution in [0.5, 0.6) is 11.5 Å². The molecular weight excluding hydrogens is 368 g/mol. The zero-order valence-electron chi connectivity index (χ0n) is 15.6. The predicted octanol–water partition coefficient (Wildman–Crippen LogP) is 1.73. The first-order valence-electron chi connectivity index (χ1n) is 8.43. The van der Waals surface area contributed by atoms with E-state index in [1.807, 2.05) is 30.3 Å². The molecule has 27 heavy (non-hydrogen) atoms. The lowest BCUT2D eigenvalue weighted by atomic mass is 10.1. The van der Waals surface area contributed by atoms with Crippen LogP contribution < -0.4 is 19.5 Å². The number of carbonyl (C=O) groups excluding carboxylic acids is 1. The van der Waals surface area contributed by atoms with Gasteiger partial charge in [0.1, 0.15) is 0 Å². The number of rotatable bonds is 9. The summed E-state index contributed by atoms with van der Waals surface area (Å²) in [6.07, 6.45) is 0.668. The molecule has 0 heterocycles. The molecule has 0 bridgehead atoms. The molecule has 0 saturated heterocycles. The lowest BCUT2D eigenvalue weighted by Crippen LogP contribution is -2.45. The van der Waals surface area contributed by atoms with Gasteiger partial charge in [0, 0.05) is 12.6 Å². The van der Waals surface area contributed by atoms with Crippen LogP contribution in [0.2, 0.25) is 0 Å². The number of hydrogen-bond acceptors (Lipinski definition) is 5. The quantitative estimate of drug-likeness (QED) is 0.678. The summed E-state index contributed by atoms with van der Waals surface area (Å²) in [5, 5.41) is 2.74. The second-order valence-electron chi connectivity index (χ2n) is 5.89. The smallest absolute Gasteiger partial charge is 0.241 e. The molecule has 0 aromatic heterocycles. The van der Waals surface area contributed by atoms with E-state index >= 15 is 0 Å². The maximum Gasteiger partial charge on any atom is 0.241 e. The topological polar surface area (TPSA) is 93.7 Å². The summed E-state index contributed by atoms with van der Waals surface area (Å²) in [4.78, 5) is 12.2. The molecule has 0 aliphatic heterocycles. The number of nitrogens with one attached hydrogen (secondary N) is 2. The van der Waals surface area contributed by atoms with Gasteiger partial charge in [-0.2, -0.15) is 4.72 Å². The number of carbonyl (C=O) groups is 1. The number of benzene rings is 2. The molecule has 0 aliphatic carbocycles. The van der Waals surface area contributed by atoms with E-state index in [1.54, 1.807) is 0 Å². The first-order valence-corrected chi connectivity index (χ1v) is 9.91. The van der Waals surface area contributed by atoms with Crippen LogP contribution in [-0.2, 0) is 21.2 Å². The van der Waals surface area contributed by atoms with E-state index in [0.717, 1.165) is 5.56 Å². The maximum atomic E-state index is 12.5. The highest BCUT2D eigenvalue weighted by molar-refractivity contribution is 7.89. The lowest BCUT2D eigenvalue weighted by molar-refractivity contribution is -0.122. The SMILES string of the molecule is COc1ccc(S(=O)(=O)N[C@@H](C)C(=O)NCCc2ccccc2)cc1OC. The van der Waals surface area contributed by atoms with Gasteiger partial charge in [-0.05, 0) is 31.0 Å². The Morgan fingerprint density at radius 2 is 1.70 bits per heavy atom. The number of ether oxygens (including phenoxy) is 2. The van der Waals surface area contributed by atoms with E-state index in [-0.39, 0.29) is 4.90 Å². The molecule has 0 unspecified atom stereocenters. The molecule has 2 aromatic rings. The van der Waals surface area contributed by atoms with Crippen LogP contribution in [0.25, 0.3) is 0 Å². The average Bonchev–Trinajstić information content (AvgIpc) is 2.67. The largest absolute Gasteiger partial charge is 0.493 e. The molecule has 1 atom stereocenters. The predicted molar refractivity (Wildman–Crippen MR) is 102 cm³/mol. The van der Waals surface area contributed by atoms with Crippen molar-refractivity contribution in [1.82, 2.24) is 10.0 Å². The first-order chi connectivity index (χ1) is 12.9. The van der Waals surface area contributed by atoms with Gasteiger partial charge in [0.15, 0.2) is 11.5 Å². The highest BCUT2D eigenvalue weighted by Crippen LogP contribution is 2.29. The van der Waals surface area contributed by atoms with Gasteiger partial charge in [0.05, 0.1) is 25.2 Å². The molecule has 8 heteroatoms. The Kier molecular flexibility index (Phi) is 7.20. The van der Waals surface area contributed by atoms with E-state index in [0.29, 0.717) is 24.5 Å². The van der Waals surface area contributed by atoms with Crippen molar-refractivity contribution in [3.63, 3.8) is 0 Å². The van der Waals surface area contributed by atoms with Gasteiger partial charge in [-0.1, -0.05) is 30.3 Å². The van der Waals surface area contributed by atoms with Crippen LogP contribution in [0.3, 0.4) is 0 Å². The van der Waals surface area contributed by atoms with Crippen LogP contribution in [0, 0.1) is 0 Å². The van der Waals surface area contributed by atoms with Gasteiger partial charge in [-0.15, -0.1) is 0 Å². The highest BCUT2D eigenvalue weighted by Gasteiger charge is 2.23. The van der Waals surface area contributed by atoms with Crippen LogP contribution in [0.1, 0.15) is 12.5 Å². The van der Waals surface area contributed by atoms with Gasteiger partial charge >= 0.3 is 0 Å². The van der Waals surface area contributed by atoms with Crippen LogP contribution in [0.4, 0.5) is 0 Å². The summed E-state index contributed by atoms with van der Waals surface area (Å²) in [6.45, 7) is 1.92. The van der Waals surface area contributed by atoms with Crippen LogP contribution in [-0.4, -0.2) is 41.1 Å². The monoisotopic (exact) mass is 392 g/mol. The number of sulfonamides is 1. The number of methoxy groups -OCH3 is 2. The zero-order valence-corrected chi connectivity index (χ0v) is 16.4. The first kappa shape index (κ1) is 20.7. The molecule has 2 N–H and O–H groups in total. The van der Waals surface area contributed by atoms with E-state index in [2.05, 4.69) is 10.0 Å². The van der Waals surface area contributed by atoms with E-state index in [1.165, 1.54) is 39.3 Å². The van der Waals surface area contributed by atoms with Crippen molar-refractivity contribution < 1.29 is 22.7 Å². The van der Waals surface area contributed by atoms with Crippen molar-refractivity contribution in [1.29, 1.82) is 0 Å². The van der Waals surface area contributed by atoms with Crippen molar-refractivity contribution >= 4 is 15.9 Å². The fourth-order valence-corrected chi connectivity index (χ4v) is 3.68. The number of amides is 1. The fraction of sp³-hybridized carbons (Fsp3) is 0.316. The van der Waals surface area contributed by atoms with Crippen molar-refractivity contribution in [2.45, 2.75) is 24.3 Å². The Balaban J connectivity index is 1.96. The molecular formula is C19H24N2O5S. The van der Waals surface area contributed by atoms with Crippen LogP contribution >= 0.6 is 0 Å². The Morgan fingerprint density at radius 1 is 1.04 bits per heavy atom. The molecule has 2 rings (SSSR count). The van der Waals surface area contributed by atoms with E-state index in [4.69, 9.17) is 9.47 Å². The Morgan fingerprint density at radius 3 is 2.33 bits per heavy atom. The van der Waals surface area contributed by atoms with Gasteiger partial charge in [0.25, 0.3) is 0 Å². The average molecular weight is 392 g/mol. The maximum absolute atomic E-state index is 12.5. The van der Waals surface area contributed by atoms with Gasteiger partial charge in [-0.3, -0.25) is 4.79 Å². The standard InChI is InChI=1S/C19H24N2O5S/c1-14(19(22)20-12-11-15-7-5-4-6-8-15)21-27(23,24)16-9-10-17(25-2)18(13-16)26-3/h4-10,13-14,21H,11-12H2,1-3H3,(H,20,22)/t14-/m0/s1. The van der Waals surface area contributed by atoms with Gasteiger partial charge < -0.3 is 14.8 Å². The summed E-state index contributed by atoms with van der Waals surface area (Å²) in [5.74, 6) is 0.318. The Hall–Kier alpha value is -2.58. The molecule has 7 nitrogen and oxygen atoms in total. The second kappa shape index (κ2) is 9.38. The summed E-state index contributed by atoms with van der Waals surface area (Å²) in [5.41, 5.74) is 1.09. The molecule has 0 aliphatic rings. The van der Waals surface area contributed by atoms with Crippen molar-refractivity contribution in [3.8, 4) is 11.5 Å². The summed E-state index contributed by atoms with van der Waals surface area (Å²) in [6, 6.07) is 13.0. The van der Waals surface area contributed by atoms with E-state index < -0.39 is 22.0 Å². The normalized spacial score (nSPS) is 12.3. The van der Waals surface area contributed by atoms with Gasteiger partial charge in [0.2, 0.25) is 15.9 Å². The molecule has 146 valence electrons. The summed E-state index contributed by atoms with van der Waals surface area (Å²) < 4.78 is 37.6. The third kappa shape index (κ3) is 5.70. The summed E-state index contributed by atoms with van der Waals surface area (Å²) >= 11 is 0. The fourth-order valence-electron chi connectivity index (χ4n) is 2.47. The molecule has 0 fully saturated rings. The molecule has 0 saturated carbocycles. The van der Waals surface area contributed by atoms with E-state index in [9.17, 15) is 13.2 Å². The molecule has 0 radical (unpaired) electrons. The minimum absolute atomic E-state index is 0.0101. The van der Waals surface area contributed by atoms with Crippen LogP contribution in [0.15, 0.2) is 53.4 Å². The third-order valence-corrected chi connectivity index (χ3v) is 5.48. The highest BCUT2D eigenvalue weighted by atomic mass is 32.2. The second-order valence-corrected chi connectivity index (χ2v) is 7.60. The lowest BCUT2D eigenvalue weighted by Gasteiger charge is -2.15. The van der Waals surface area contributed by atoms with Crippen molar-refractivity contribution in [2.75, 3.05) is 20.8 Å². The number of hydrogen-bond donors (Lipinski definition) is 2. The third-order valence-electron chi connectivity index (χ3n) is 3.95. The Labute approximate surface area is 159 Å². The van der Waals surface area contributed by atoms with Crippen molar-refractivity contribution in [2.24, 2.45) is 0 Å². The molecule has 2 aromatic carbocycles. The van der Waals surface area contributed by atoms with Crippen molar-refractivity contribution in [3.05, 3.63) is 54.1 Å². The van der Waals surface area contributed by atoms with Gasteiger partial charge in [-0.25, -0.2) is 8.42 Å². The minimum atomic E-state index is -3.89. The Bertz CT molecular complexity index is 869. The minimum Gasteiger partial charge on any atom is -0.493 e. The molecule has 0 spiro atoms.